The van der Waals surface area contributed by atoms with Crippen LogP contribution in [-0.2, 0) is 19.4 Å². The first-order valence-corrected chi connectivity index (χ1v) is 10.4. The van der Waals surface area contributed by atoms with E-state index in [9.17, 15) is 17.6 Å². The fourth-order valence-electron chi connectivity index (χ4n) is 3.21. The number of rotatable bonds is 2. The Kier molecular flexibility index (Phi) is 4.86. The summed E-state index contributed by atoms with van der Waals surface area (Å²) in [6, 6.07) is 10.0. The lowest BCUT2D eigenvalue weighted by Gasteiger charge is -2.32. The summed E-state index contributed by atoms with van der Waals surface area (Å²) in [5.74, 6) is -1.19. The highest BCUT2D eigenvalue weighted by Crippen LogP contribution is 2.40. The predicted molar refractivity (Wildman–Crippen MR) is 103 cm³/mol. The Hall–Kier alpha value is -2.42. The second-order valence-corrected chi connectivity index (χ2v) is 8.69. The van der Waals surface area contributed by atoms with Gasteiger partial charge in [-0.25, -0.2) is 12.8 Å². The normalized spacial score (nSPS) is 18.4. The van der Waals surface area contributed by atoms with Crippen LogP contribution in [0.15, 0.2) is 58.5 Å². The minimum atomic E-state index is -4.11. The molecule has 2 heterocycles. The van der Waals surface area contributed by atoms with Crippen molar-refractivity contribution < 1.29 is 22.3 Å². The number of halogens is 2. The molecule has 2 aromatic rings. The third-order valence-electron chi connectivity index (χ3n) is 4.60. The molecule has 0 N–H and O–H groups in total. The van der Waals surface area contributed by atoms with Crippen molar-refractivity contribution in [2.45, 2.75) is 4.90 Å². The summed E-state index contributed by atoms with van der Waals surface area (Å²) in [5, 5.41) is 0.429. The molecule has 0 aromatic heterocycles. The van der Waals surface area contributed by atoms with Gasteiger partial charge in [0.2, 0.25) is 9.84 Å². The van der Waals surface area contributed by atoms with Gasteiger partial charge >= 0.3 is 0 Å². The van der Waals surface area contributed by atoms with Crippen molar-refractivity contribution in [2.24, 2.45) is 0 Å². The van der Waals surface area contributed by atoms with Gasteiger partial charge in [-0.3, -0.25) is 4.79 Å². The minimum absolute atomic E-state index is 0.126. The average molecular weight is 423 g/mol. The smallest absolute Gasteiger partial charge is 0.267 e. The number of hydrogen-bond donors (Lipinski definition) is 0. The lowest BCUT2D eigenvalue weighted by atomic mass is 10.2. The second kappa shape index (κ2) is 7.20. The van der Waals surface area contributed by atoms with Crippen molar-refractivity contribution in [3.8, 4) is 0 Å². The molecule has 1 fully saturated rings. The number of ether oxygens (including phenoxy) is 1. The van der Waals surface area contributed by atoms with Crippen LogP contribution in [0.3, 0.4) is 0 Å². The van der Waals surface area contributed by atoms with E-state index in [0.717, 1.165) is 12.1 Å². The first kappa shape index (κ1) is 18.9. The molecule has 0 bridgehead atoms. The molecule has 6 nitrogen and oxygen atoms in total. The monoisotopic (exact) mass is 422 g/mol. The molecule has 0 unspecified atom stereocenters. The van der Waals surface area contributed by atoms with Crippen molar-refractivity contribution in [3.05, 3.63) is 64.4 Å². The molecule has 0 saturated carbocycles. The fraction of sp³-hybridized carbons (Fsp3) is 0.211. The Morgan fingerprint density at radius 3 is 2.57 bits per heavy atom. The number of morpholine rings is 1. The maximum absolute atomic E-state index is 13.9. The van der Waals surface area contributed by atoms with E-state index in [0.29, 0.717) is 37.0 Å². The fourth-order valence-corrected chi connectivity index (χ4v) is 4.92. The van der Waals surface area contributed by atoms with Gasteiger partial charge in [-0.15, -0.1) is 0 Å². The van der Waals surface area contributed by atoms with E-state index in [2.05, 4.69) is 0 Å². The Balaban J connectivity index is 1.88. The lowest BCUT2D eigenvalue weighted by Crippen LogP contribution is -2.43. The summed E-state index contributed by atoms with van der Waals surface area (Å²) in [6.45, 7) is 1.30. The highest BCUT2D eigenvalue weighted by Gasteiger charge is 2.38. The van der Waals surface area contributed by atoms with Gasteiger partial charge in [0, 0.05) is 30.0 Å². The summed E-state index contributed by atoms with van der Waals surface area (Å²) in [5.41, 5.74) is 0.641. The minimum Gasteiger partial charge on any atom is -0.378 e. The zero-order valence-electron chi connectivity index (χ0n) is 14.6. The number of sulfone groups is 1. The molecule has 4 rings (SSSR count). The summed E-state index contributed by atoms with van der Waals surface area (Å²) in [7, 11) is -4.11. The van der Waals surface area contributed by atoms with Crippen molar-refractivity contribution >= 4 is 38.7 Å². The van der Waals surface area contributed by atoms with Crippen LogP contribution in [-0.4, -0.2) is 45.5 Å². The van der Waals surface area contributed by atoms with E-state index in [4.69, 9.17) is 16.3 Å². The number of anilines is 2. The van der Waals surface area contributed by atoms with Crippen molar-refractivity contribution in [3.63, 3.8) is 0 Å². The van der Waals surface area contributed by atoms with Gasteiger partial charge in [0.05, 0.1) is 23.8 Å². The number of fused-ring (bicyclic) bond motifs is 1. The first-order chi connectivity index (χ1) is 13.4. The summed E-state index contributed by atoms with van der Waals surface area (Å²) in [4.78, 5) is 15.4. The highest BCUT2D eigenvalue weighted by molar-refractivity contribution is 7.96. The van der Waals surface area contributed by atoms with Gasteiger partial charge in [0.15, 0.2) is 4.91 Å². The molecule has 146 valence electrons. The molecule has 0 radical (unpaired) electrons. The zero-order chi connectivity index (χ0) is 19.9. The van der Waals surface area contributed by atoms with Crippen LogP contribution in [0.4, 0.5) is 15.8 Å². The standard InChI is InChI=1S/C19H16ClFN2O4S/c20-13-2-1-3-15(10-13)23-12-18(19(24)22-6-8-27-9-7-22)28(25,26)17-5-4-14(21)11-16(17)23/h1-5,10-12H,6-9H2. The van der Waals surface area contributed by atoms with E-state index in [1.807, 2.05) is 0 Å². The first-order valence-electron chi connectivity index (χ1n) is 8.56. The van der Waals surface area contributed by atoms with Gasteiger partial charge in [-0.1, -0.05) is 17.7 Å². The maximum Gasteiger partial charge on any atom is 0.267 e. The predicted octanol–water partition coefficient (Wildman–Crippen LogP) is 3.10. The maximum atomic E-state index is 13.9. The highest BCUT2D eigenvalue weighted by atomic mass is 35.5. The van der Waals surface area contributed by atoms with Crippen LogP contribution >= 0.6 is 11.6 Å². The molecule has 0 aliphatic carbocycles. The topological polar surface area (TPSA) is 66.9 Å². The summed E-state index contributed by atoms with van der Waals surface area (Å²) >= 11 is 6.07. The number of amides is 1. The molecule has 0 atom stereocenters. The number of carbonyl (C=O) groups is 1. The molecular weight excluding hydrogens is 407 g/mol. The molecule has 1 amide bonds. The SMILES string of the molecule is O=C(C1=CN(c2cccc(Cl)c2)c2cc(F)ccc2S1(=O)=O)N1CCOCC1. The number of benzene rings is 2. The quantitative estimate of drug-likeness (QED) is 0.696. The van der Waals surface area contributed by atoms with E-state index in [1.165, 1.54) is 22.1 Å². The molecule has 1 saturated heterocycles. The van der Waals surface area contributed by atoms with Gasteiger partial charge in [-0.2, -0.15) is 0 Å². The van der Waals surface area contributed by atoms with Crippen LogP contribution in [0.1, 0.15) is 0 Å². The van der Waals surface area contributed by atoms with Crippen LogP contribution in [0.25, 0.3) is 0 Å². The number of carbonyl (C=O) groups excluding carboxylic acids is 1. The Labute approximate surface area is 166 Å². The van der Waals surface area contributed by atoms with Crippen molar-refractivity contribution in [1.82, 2.24) is 4.90 Å². The molecular formula is C19H16ClFN2O4S. The average Bonchev–Trinajstić information content (AvgIpc) is 2.68. The van der Waals surface area contributed by atoms with Crippen LogP contribution in [0, 0.1) is 5.82 Å². The summed E-state index contributed by atoms with van der Waals surface area (Å²) < 4.78 is 45.4. The van der Waals surface area contributed by atoms with E-state index < -0.39 is 21.6 Å². The van der Waals surface area contributed by atoms with Crippen LogP contribution in [0.5, 0.6) is 0 Å². The largest absolute Gasteiger partial charge is 0.378 e. The third-order valence-corrected chi connectivity index (χ3v) is 6.62. The molecule has 2 aromatic carbocycles. The van der Waals surface area contributed by atoms with Gasteiger partial charge in [0.1, 0.15) is 5.82 Å². The van der Waals surface area contributed by atoms with Crippen LogP contribution < -0.4 is 4.90 Å². The molecule has 28 heavy (non-hydrogen) atoms. The number of nitrogens with zero attached hydrogens (tertiary/aromatic N) is 2. The lowest BCUT2D eigenvalue weighted by molar-refractivity contribution is -0.130. The number of hydrogen-bond acceptors (Lipinski definition) is 5. The van der Waals surface area contributed by atoms with Crippen LogP contribution in [0.2, 0.25) is 5.02 Å². The van der Waals surface area contributed by atoms with E-state index in [1.54, 1.807) is 24.3 Å². The second-order valence-electron chi connectivity index (χ2n) is 6.36. The van der Waals surface area contributed by atoms with Gasteiger partial charge in [-0.05, 0) is 36.4 Å². The Bertz CT molecular complexity index is 1080. The van der Waals surface area contributed by atoms with Crippen molar-refractivity contribution in [2.75, 3.05) is 31.2 Å². The Morgan fingerprint density at radius 2 is 1.86 bits per heavy atom. The Morgan fingerprint density at radius 1 is 1.11 bits per heavy atom. The van der Waals surface area contributed by atoms with Crippen molar-refractivity contribution in [1.29, 1.82) is 0 Å². The van der Waals surface area contributed by atoms with E-state index in [-0.39, 0.29) is 15.5 Å². The molecule has 0 spiro atoms. The third kappa shape index (κ3) is 3.28. The summed E-state index contributed by atoms with van der Waals surface area (Å²) in [6.07, 6.45) is 1.24. The molecule has 2 aliphatic rings. The molecule has 9 heteroatoms. The van der Waals surface area contributed by atoms with E-state index >= 15 is 0 Å². The zero-order valence-corrected chi connectivity index (χ0v) is 16.2. The molecule has 2 aliphatic heterocycles. The van der Waals surface area contributed by atoms with Gasteiger partial charge in [0.25, 0.3) is 5.91 Å². The van der Waals surface area contributed by atoms with Gasteiger partial charge < -0.3 is 14.5 Å².